The molecule has 3 aromatic heterocycles. The monoisotopic (exact) mass is 1190 g/mol. The number of fused-ring (bicyclic) bond motifs is 20. The third kappa shape index (κ3) is 10.3. The summed E-state index contributed by atoms with van der Waals surface area (Å²) in [5, 5.41) is 3.30. The maximum atomic E-state index is 5.68. The molecule has 84 heavy (non-hydrogen) atoms. The molecule has 0 amide bonds. The first-order valence-electron chi connectivity index (χ1n) is 26.1. The van der Waals surface area contributed by atoms with E-state index in [1.165, 1.54) is 0 Å². The van der Waals surface area contributed by atoms with E-state index >= 15 is 0 Å². The SMILES string of the molecule is COc1ccc(Sc2ccc3c(c2)-c2nc-3nc3[nH]c(nc4nc(nc5[nH]c(n2)c2ccc(Sc6ccc(OC)c(OC)c6)cc52)-c2ccc(Sc5ccc(OC)c(OC)c5)cc2-4)c2ccc(Sc4ccc(OC)c(OC)c4)cc32)cc1OC. The Bertz CT molecular complexity index is 4330. The van der Waals surface area contributed by atoms with Crippen LogP contribution in [-0.2, 0) is 0 Å². The van der Waals surface area contributed by atoms with Gasteiger partial charge in [-0.15, -0.1) is 0 Å². The van der Waals surface area contributed by atoms with Gasteiger partial charge in [-0.05, 0) is 146 Å². The molecular formula is C64H50N8O8S4. The van der Waals surface area contributed by atoms with Crippen molar-refractivity contribution in [1.29, 1.82) is 0 Å². The standard InChI is InChI=1S/C64H50N8O8S4/c1-73-49-21-13-37(29-53(49)77-5)81-33-9-17-41-45(25-33)61-65-57(41)70-62-47-27-35(83-39-15-23-51(75-3)55(31-39)79-7)11-19-43(47)59(67-62)72-64-48-28-36(84-40-16-24-52(76-4)56(32-40)80-8)12-20-44(48)60(68-64)71-63-46-26-34(10-18-42(46)58(66-63)69-61)82-38-14-22-50(74-2)54(30-38)78-6/h9-32H,1-8H3,(H2,65,66,67,68,69,70,71,72). The van der Waals surface area contributed by atoms with Gasteiger partial charge >= 0.3 is 0 Å². The van der Waals surface area contributed by atoms with Crippen LogP contribution in [0, 0.1) is 0 Å². The Morgan fingerprint density at radius 1 is 0.238 bits per heavy atom. The highest BCUT2D eigenvalue weighted by Crippen LogP contribution is 2.45. The van der Waals surface area contributed by atoms with Crippen LogP contribution in [0.3, 0.4) is 0 Å². The highest BCUT2D eigenvalue weighted by molar-refractivity contribution is 8.00. The smallest absolute Gasteiger partial charge is 0.164 e. The number of rotatable bonds is 16. The number of benzene rings is 8. The zero-order valence-corrected chi connectivity index (χ0v) is 49.7. The van der Waals surface area contributed by atoms with E-state index in [9.17, 15) is 0 Å². The minimum atomic E-state index is 0.466. The molecule has 0 unspecified atom stereocenters. The number of H-pyrrole nitrogens is 2. The van der Waals surface area contributed by atoms with Crippen molar-refractivity contribution in [3.05, 3.63) is 146 Å². The van der Waals surface area contributed by atoms with Crippen LogP contribution in [-0.4, -0.2) is 96.8 Å². The maximum absolute atomic E-state index is 5.68. The fraction of sp³-hybridized carbons (Fsp3) is 0.125. The molecule has 0 saturated carbocycles. The quantitative estimate of drug-likeness (QED) is 0.0930. The lowest BCUT2D eigenvalue weighted by Crippen LogP contribution is -1.90. The van der Waals surface area contributed by atoms with Gasteiger partial charge in [-0.25, -0.2) is 29.9 Å². The van der Waals surface area contributed by atoms with Gasteiger partial charge in [0.1, 0.15) is 22.6 Å². The number of aromatic nitrogens is 8. The van der Waals surface area contributed by atoms with Crippen LogP contribution in [0.2, 0.25) is 0 Å². The van der Waals surface area contributed by atoms with Crippen LogP contribution in [0.25, 0.3) is 89.7 Å². The average Bonchev–Trinajstić information content (AvgIpc) is 3.23. The van der Waals surface area contributed by atoms with Gasteiger partial charge in [-0.1, -0.05) is 47.0 Å². The second-order valence-electron chi connectivity index (χ2n) is 18.9. The third-order valence-corrected chi connectivity index (χ3v) is 18.0. The van der Waals surface area contributed by atoms with Crippen molar-refractivity contribution >= 4 is 91.2 Å². The lowest BCUT2D eigenvalue weighted by atomic mass is 10.1. The first kappa shape index (κ1) is 54.2. The van der Waals surface area contributed by atoms with E-state index in [4.69, 9.17) is 67.8 Å². The summed E-state index contributed by atoms with van der Waals surface area (Å²) in [5.41, 5.74) is 5.41. The van der Waals surface area contributed by atoms with Crippen molar-refractivity contribution in [3.8, 4) is 91.5 Å². The number of hydrogen-bond acceptors (Lipinski definition) is 18. The van der Waals surface area contributed by atoms with E-state index in [-0.39, 0.29) is 0 Å². The van der Waals surface area contributed by atoms with E-state index in [1.807, 2.05) is 72.8 Å². The molecule has 2 N–H and O–H groups in total. The molecule has 16 nitrogen and oxygen atoms in total. The summed E-state index contributed by atoms with van der Waals surface area (Å²) in [5.74, 6) is 7.00. The van der Waals surface area contributed by atoms with Gasteiger partial charge in [-0.3, -0.25) is 0 Å². The number of nitrogens with zero attached hydrogens (tertiary/aromatic N) is 6. The zero-order chi connectivity index (χ0) is 57.6. The van der Waals surface area contributed by atoms with E-state index in [0.717, 1.165) is 83.0 Å². The molecule has 5 heterocycles. The topological polar surface area (TPSA) is 183 Å². The number of methoxy groups -OCH3 is 8. The van der Waals surface area contributed by atoms with E-state index < -0.39 is 0 Å². The fourth-order valence-corrected chi connectivity index (χ4v) is 13.6. The number of nitrogens with one attached hydrogen (secondary N) is 2. The Morgan fingerprint density at radius 3 is 0.798 bits per heavy atom. The lowest BCUT2D eigenvalue weighted by molar-refractivity contribution is 0.354. The van der Waals surface area contributed by atoms with Crippen LogP contribution >= 0.6 is 47.0 Å². The first-order chi connectivity index (χ1) is 41.1. The molecule has 0 spiro atoms. The molecular weight excluding hydrogens is 1140 g/mol. The van der Waals surface area contributed by atoms with Crippen LogP contribution < -0.4 is 37.9 Å². The van der Waals surface area contributed by atoms with Crippen LogP contribution in [0.15, 0.2) is 185 Å². The normalized spacial score (nSPS) is 11.5. The summed E-state index contributed by atoms with van der Waals surface area (Å²) < 4.78 is 44.9. The van der Waals surface area contributed by atoms with E-state index in [0.29, 0.717) is 91.9 Å². The van der Waals surface area contributed by atoms with Crippen molar-refractivity contribution in [2.24, 2.45) is 0 Å². The summed E-state index contributed by atoms with van der Waals surface area (Å²) in [6.45, 7) is 0. The minimum Gasteiger partial charge on any atom is -0.493 e. The molecule has 2 aliphatic rings. The van der Waals surface area contributed by atoms with Crippen molar-refractivity contribution in [2.75, 3.05) is 56.9 Å². The van der Waals surface area contributed by atoms with Crippen molar-refractivity contribution in [1.82, 2.24) is 39.9 Å². The molecule has 0 saturated heterocycles. The molecule has 2 aliphatic heterocycles. The zero-order valence-electron chi connectivity index (χ0n) is 46.4. The summed E-state index contributed by atoms with van der Waals surface area (Å²) in [6, 6.07) is 48.5. The molecule has 0 atom stereocenters. The summed E-state index contributed by atoms with van der Waals surface area (Å²) in [6.07, 6.45) is 0. The molecule has 8 aromatic carbocycles. The number of ether oxygens (including phenoxy) is 8. The molecule has 418 valence electrons. The van der Waals surface area contributed by atoms with Crippen molar-refractivity contribution in [3.63, 3.8) is 0 Å². The van der Waals surface area contributed by atoms with Crippen molar-refractivity contribution < 1.29 is 37.9 Å². The van der Waals surface area contributed by atoms with Gasteiger partial charge in [-0.2, -0.15) is 0 Å². The molecule has 0 aliphatic carbocycles. The lowest BCUT2D eigenvalue weighted by Gasteiger charge is -2.10. The minimum absolute atomic E-state index is 0.466. The Morgan fingerprint density at radius 2 is 0.488 bits per heavy atom. The number of aromatic amines is 2. The van der Waals surface area contributed by atoms with Gasteiger partial charge < -0.3 is 47.9 Å². The van der Waals surface area contributed by atoms with Crippen LogP contribution in [0.4, 0.5) is 0 Å². The maximum Gasteiger partial charge on any atom is 0.164 e. The molecule has 20 heteroatoms. The summed E-state index contributed by atoms with van der Waals surface area (Å²) >= 11 is 6.36. The second-order valence-corrected chi connectivity index (χ2v) is 23.5. The van der Waals surface area contributed by atoms with Crippen LogP contribution in [0.5, 0.6) is 46.0 Å². The molecule has 0 fully saturated rings. The summed E-state index contributed by atoms with van der Waals surface area (Å²) in [7, 11) is 13.0. The van der Waals surface area contributed by atoms with Gasteiger partial charge in [0.25, 0.3) is 0 Å². The molecule has 13 rings (SSSR count). The fourth-order valence-electron chi connectivity index (χ4n) is 10.0. The molecule has 8 bridgehead atoms. The van der Waals surface area contributed by atoms with Crippen molar-refractivity contribution in [2.45, 2.75) is 39.2 Å². The Balaban J connectivity index is 1.04. The number of hydrogen-bond donors (Lipinski definition) is 2. The Labute approximate surface area is 499 Å². The van der Waals surface area contributed by atoms with E-state index in [1.54, 1.807) is 104 Å². The van der Waals surface area contributed by atoms with E-state index in [2.05, 4.69) is 82.8 Å². The largest absolute Gasteiger partial charge is 0.493 e. The van der Waals surface area contributed by atoms with Gasteiger partial charge in [0.05, 0.1) is 56.9 Å². The predicted octanol–water partition coefficient (Wildman–Crippen LogP) is 15.5. The Hall–Kier alpha value is -9.08. The molecule has 0 radical (unpaired) electrons. The Kier molecular flexibility index (Phi) is 14.8. The van der Waals surface area contributed by atoms with Gasteiger partial charge in [0.15, 0.2) is 69.3 Å². The van der Waals surface area contributed by atoms with Crippen LogP contribution in [0.1, 0.15) is 0 Å². The molecule has 11 aromatic rings. The highest BCUT2D eigenvalue weighted by atomic mass is 32.2. The average molecular weight is 1190 g/mol. The van der Waals surface area contributed by atoms with Gasteiger partial charge in [0, 0.05) is 83.0 Å². The van der Waals surface area contributed by atoms with Gasteiger partial charge in [0.2, 0.25) is 0 Å². The predicted molar refractivity (Wildman–Crippen MR) is 331 cm³/mol. The summed E-state index contributed by atoms with van der Waals surface area (Å²) in [4.78, 5) is 47.1. The second kappa shape index (κ2) is 22.9. The highest BCUT2D eigenvalue weighted by Gasteiger charge is 2.25. The first-order valence-corrected chi connectivity index (χ1v) is 29.4. The third-order valence-electron chi connectivity index (χ3n) is 14.1.